The molecule has 168 valence electrons. The highest BCUT2D eigenvalue weighted by atomic mass is 32.2. The monoisotopic (exact) mass is 476 g/mol. The van der Waals surface area contributed by atoms with E-state index in [2.05, 4.69) is 25.3 Å². The minimum absolute atomic E-state index is 0.0242. The SMILES string of the molecule is CC(=O)Sc1cc2nc3c(=O)[nH]c(=O)[nH]c3nc2cc1C(=S)NCCCC[C@H](N)C(=O)O. The van der Waals surface area contributed by atoms with E-state index in [0.29, 0.717) is 52.3 Å². The Balaban J connectivity index is 1.88. The number of carboxylic acid groups (broad SMARTS) is 1. The lowest BCUT2D eigenvalue weighted by Gasteiger charge is -2.13. The summed E-state index contributed by atoms with van der Waals surface area (Å²) in [6.07, 6.45) is 1.61. The van der Waals surface area contributed by atoms with Gasteiger partial charge < -0.3 is 16.2 Å². The fraction of sp³-hybridized carbons (Fsp3) is 0.316. The lowest BCUT2D eigenvalue weighted by atomic mass is 10.1. The fourth-order valence-corrected chi connectivity index (χ4v) is 4.04. The van der Waals surface area contributed by atoms with Crippen molar-refractivity contribution in [3.05, 3.63) is 38.5 Å². The van der Waals surface area contributed by atoms with E-state index in [9.17, 15) is 19.2 Å². The van der Waals surface area contributed by atoms with Crippen molar-refractivity contribution in [1.29, 1.82) is 0 Å². The smallest absolute Gasteiger partial charge is 0.327 e. The van der Waals surface area contributed by atoms with Crippen LogP contribution in [0.1, 0.15) is 31.7 Å². The summed E-state index contributed by atoms with van der Waals surface area (Å²) >= 11 is 6.46. The first kappa shape index (κ1) is 23.5. The van der Waals surface area contributed by atoms with Crippen molar-refractivity contribution in [2.24, 2.45) is 5.73 Å². The van der Waals surface area contributed by atoms with E-state index >= 15 is 0 Å². The Hall–Kier alpha value is -3.16. The number of nitrogens with two attached hydrogens (primary N) is 1. The van der Waals surface area contributed by atoms with Gasteiger partial charge in [0.05, 0.1) is 11.0 Å². The molecule has 0 radical (unpaired) electrons. The predicted octanol–water partition coefficient (Wildman–Crippen LogP) is 0.646. The number of aromatic nitrogens is 4. The molecule has 3 rings (SSSR count). The summed E-state index contributed by atoms with van der Waals surface area (Å²) in [7, 11) is 0. The minimum Gasteiger partial charge on any atom is -0.480 e. The molecule has 0 spiro atoms. The van der Waals surface area contributed by atoms with Gasteiger partial charge in [-0.05, 0) is 31.4 Å². The number of unbranched alkanes of at least 4 members (excludes halogenated alkanes) is 1. The molecular weight excluding hydrogens is 456 g/mol. The first-order valence-corrected chi connectivity index (χ1v) is 10.8. The fourth-order valence-electron chi connectivity index (χ4n) is 2.96. The molecule has 1 atom stereocenters. The van der Waals surface area contributed by atoms with Crippen LogP contribution in [0, 0.1) is 0 Å². The third-order valence-corrected chi connectivity index (χ3v) is 5.69. The van der Waals surface area contributed by atoms with Gasteiger partial charge >= 0.3 is 11.7 Å². The Morgan fingerprint density at radius 3 is 2.62 bits per heavy atom. The van der Waals surface area contributed by atoms with Gasteiger partial charge in [-0.1, -0.05) is 24.0 Å². The number of aromatic amines is 2. The second-order valence-corrected chi connectivity index (χ2v) is 8.58. The number of benzene rings is 1. The maximum atomic E-state index is 12.0. The minimum atomic E-state index is -1.03. The first-order valence-electron chi connectivity index (χ1n) is 9.59. The average Bonchev–Trinajstić information content (AvgIpc) is 2.71. The predicted molar refractivity (Wildman–Crippen MR) is 124 cm³/mol. The van der Waals surface area contributed by atoms with Crippen LogP contribution in [0.3, 0.4) is 0 Å². The molecule has 2 aromatic heterocycles. The molecule has 1 aromatic carbocycles. The molecule has 0 bridgehead atoms. The number of thioether (sulfide) groups is 1. The van der Waals surface area contributed by atoms with Gasteiger partial charge in [-0.15, -0.1) is 0 Å². The summed E-state index contributed by atoms with van der Waals surface area (Å²) in [5, 5.41) is 11.8. The van der Waals surface area contributed by atoms with Crippen molar-refractivity contribution in [2.75, 3.05) is 6.54 Å². The number of nitrogens with zero attached hydrogens (tertiary/aromatic N) is 2. The van der Waals surface area contributed by atoms with E-state index in [-0.39, 0.29) is 16.3 Å². The third-order valence-electron chi connectivity index (χ3n) is 4.48. The molecule has 0 saturated carbocycles. The number of nitrogens with one attached hydrogen (secondary N) is 3. The zero-order valence-electron chi connectivity index (χ0n) is 16.9. The number of hydrogen-bond acceptors (Lipinski definition) is 9. The van der Waals surface area contributed by atoms with E-state index < -0.39 is 23.3 Å². The van der Waals surface area contributed by atoms with Crippen LogP contribution in [-0.2, 0) is 9.59 Å². The van der Waals surface area contributed by atoms with Crippen molar-refractivity contribution in [3.63, 3.8) is 0 Å². The Bertz CT molecular complexity index is 1340. The molecule has 6 N–H and O–H groups in total. The van der Waals surface area contributed by atoms with Gasteiger partial charge in [-0.3, -0.25) is 24.4 Å². The second-order valence-electron chi connectivity index (χ2n) is 6.96. The molecular formula is C19H20N6O5S2. The highest BCUT2D eigenvalue weighted by Gasteiger charge is 2.16. The molecule has 0 aliphatic rings. The number of H-pyrrole nitrogens is 2. The quantitative estimate of drug-likeness (QED) is 0.133. The number of thiocarbonyl (C=S) groups is 1. The van der Waals surface area contributed by atoms with Gasteiger partial charge in [0.25, 0.3) is 5.56 Å². The van der Waals surface area contributed by atoms with E-state index in [4.69, 9.17) is 23.1 Å². The average molecular weight is 477 g/mol. The van der Waals surface area contributed by atoms with Crippen LogP contribution in [0.15, 0.2) is 26.6 Å². The number of carbonyl (C=O) groups excluding carboxylic acids is 1. The van der Waals surface area contributed by atoms with Crippen molar-refractivity contribution in [2.45, 2.75) is 37.1 Å². The Kier molecular flexibility index (Phi) is 7.33. The van der Waals surface area contributed by atoms with Crippen LogP contribution in [0.4, 0.5) is 0 Å². The summed E-state index contributed by atoms with van der Waals surface area (Å²) in [4.78, 5) is 60.2. The van der Waals surface area contributed by atoms with Gasteiger partial charge in [-0.25, -0.2) is 14.8 Å². The number of carboxylic acids is 1. The van der Waals surface area contributed by atoms with E-state index in [0.717, 1.165) is 11.8 Å². The molecule has 0 aliphatic carbocycles. The van der Waals surface area contributed by atoms with Gasteiger partial charge in [0.2, 0.25) is 0 Å². The van der Waals surface area contributed by atoms with Crippen molar-refractivity contribution in [1.82, 2.24) is 25.3 Å². The van der Waals surface area contributed by atoms with Crippen molar-refractivity contribution >= 4 is 62.3 Å². The Morgan fingerprint density at radius 2 is 1.94 bits per heavy atom. The second kappa shape index (κ2) is 9.97. The largest absolute Gasteiger partial charge is 0.480 e. The summed E-state index contributed by atoms with van der Waals surface area (Å²) in [5.41, 5.74) is 5.45. The normalized spacial score (nSPS) is 12.1. The third kappa shape index (κ3) is 5.55. The maximum Gasteiger partial charge on any atom is 0.327 e. The maximum absolute atomic E-state index is 12.0. The molecule has 11 nitrogen and oxygen atoms in total. The molecule has 0 fully saturated rings. The zero-order chi connectivity index (χ0) is 23.4. The molecule has 0 unspecified atom stereocenters. The van der Waals surface area contributed by atoms with Gasteiger partial charge in [0.1, 0.15) is 11.0 Å². The van der Waals surface area contributed by atoms with Gasteiger partial charge in [0.15, 0.2) is 16.3 Å². The van der Waals surface area contributed by atoms with Crippen molar-refractivity contribution < 1.29 is 14.7 Å². The zero-order valence-corrected chi connectivity index (χ0v) is 18.6. The topological polar surface area (TPSA) is 184 Å². The molecule has 0 aliphatic heterocycles. The van der Waals surface area contributed by atoms with E-state index in [1.54, 1.807) is 12.1 Å². The van der Waals surface area contributed by atoms with Crippen LogP contribution in [0.2, 0.25) is 0 Å². The van der Waals surface area contributed by atoms with E-state index in [1.165, 1.54) is 6.92 Å². The van der Waals surface area contributed by atoms with Crippen LogP contribution in [0.25, 0.3) is 22.2 Å². The van der Waals surface area contributed by atoms with Crippen LogP contribution in [-0.4, -0.2) is 53.7 Å². The van der Waals surface area contributed by atoms with Crippen LogP contribution < -0.4 is 22.3 Å². The van der Waals surface area contributed by atoms with Gasteiger partial charge in [-0.2, -0.15) is 0 Å². The molecule has 2 heterocycles. The van der Waals surface area contributed by atoms with E-state index in [1.807, 2.05) is 0 Å². The number of hydrogen-bond donors (Lipinski definition) is 5. The summed E-state index contributed by atoms with van der Waals surface area (Å²) in [6, 6.07) is 2.36. The molecule has 32 heavy (non-hydrogen) atoms. The number of aliphatic carboxylic acids is 1. The molecule has 0 amide bonds. The Morgan fingerprint density at radius 1 is 1.22 bits per heavy atom. The molecule has 13 heteroatoms. The summed E-state index contributed by atoms with van der Waals surface area (Å²) in [6.45, 7) is 1.90. The van der Waals surface area contributed by atoms with Gasteiger partial charge in [0, 0.05) is 23.9 Å². The number of carbonyl (C=O) groups is 2. The van der Waals surface area contributed by atoms with Crippen LogP contribution in [0.5, 0.6) is 0 Å². The van der Waals surface area contributed by atoms with Crippen LogP contribution >= 0.6 is 24.0 Å². The number of fused-ring (bicyclic) bond motifs is 2. The lowest BCUT2D eigenvalue weighted by Crippen LogP contribution is -2.30. The highest BCUT2D eigenvalue weighted by molar-refractivity contribution is 8.13. The Labute approximate surface area is 190 Å². The lowest BCUT2D eigenvalue weighted by molar-refractivity contribution is -0.138. The summed E-state index contributed by atoms with van der Waals surface area (Å²) in [5.74, 6) is -1.03. The standard InChI is InChI=1S/C19H20N6O5S2/c1-8(26)32-13-7-12-11(23-15-14(22-12)16(27)25-19(30)24-15)6-9(13)17(31)21-5-3-2-4-10(20)18(28)29/h6-7,10H,2-5,20H2,1H3,(H,21,31)(H,28,29)(H2,23,24,25,27,30)/t10-/m0/s1. The molecule has 0 saturated heterocycles. The first-order chi connectivity index (χ1) is 15.2. The number of rotatable bonds is 8. The highest BCUT2D eigenvalue weighted by Crippen LogP contribution is 2.28. The molecule has 3 aromatic rings. The van der Waals surface area contributed by atoms with Crippen molar-refractivity contribution in [3.8, 4) is 0 Å². The summed E-state index contributed by atoms with van der Waals surface area (Å²) < 4.78 is 0.